The maximum absolute atomic E-state index is 5.79. The molecule has 2 heterocycles. The van der Waals surface area contributed by atoms with E-state index in [0.717, 1.165) is 62.5 Å². The lowest BCUT2D eigenvalue weighted by Crippen LogP contribution is -2.47. The molecule has 1 aliphatic heterocycles. The third-order valence-electron chi connectivity index (χ3n) is 4.25. The normalized spacial score (nSPS) is 16.0. The Kier molecular flexibility index (Phi) is 7.09. The van der Waals surface area contributed by atoms with Gasteiger partial charge in [-0.05, 0) is 17.9 Å². The molecule has 134 valence electrons. The first kappa shape index (κ1) is 18.2. The van der Waals surface area contributed by atoms with E-state index in [0.29, 0.717) is 0 Å². The highest BCUT2D eigenvalue weighted by atomic mass is 32.2. The van der Waals surface area contributed by atoms with Gasteiger partial charge in [0.15, 0.2) is 5.16 Å². The van der Waals surface area contributed by atoms with Crippen molar-refractivity contribution in [1.29, 1.82) is 0 Å². The van der Waals surface area contributed by atoms with Crippen LogP contribution < -0.4 is 4.74 Å². The molecule has 0 unspecified atom stereocenters. The van der Waals surface area contributed by atoms with Crippen LogP contribution in [-0.4, -0.2) is 64.9 Å². The van der Waals surface area contributed by atoms with Gasteiger partial charge in [0.2, 0.25) is 0 Å². The zero-order valence-electron chi connectivity index (χ0n) is 14.8. The Bertz CT molecular complexity index is 615. The van der Waals surface area contributed by atoms with Crippen molar-refractivity contribution in [2.24, 2.45) is 0 Å². The summed E-state index contributed by atoms with van der Waals surface area (Å²) in [6.07, 6.45) is 3.93. The van der Waals surface area contributed by atoms with Gasteiger partial charge in [0.1, 0.15) is 12.4 Å². The maximum atomic E-state index is 5.79. The fourth-order valence-electron chi connectivity index (χ4n) is 2.87. The summed E-state index contributed by atoms with van der Waals surface area (Å²) in [7, 11) is 0. The van der Waals surface area contributed by atoms with Crippen LogP contribution in [0.15, 0.2) is 47.9 Å². The van der Waals surface area contributed by atoms with Crippen molar-refractivity contribution in [1.82, 2.24) is 19.8 Å². The van der Waals surface area contributed by atoms with E-state index in [1.54, 1.807) is 11.8 Å². The third-order valence-corrected chi connectivity index (χ3v) is 5.00. The van der Waals surface area contributed by atoms with Crippen molar-refractivity contribution in [2.75, 3.05) is 45.1 Å². The van der Waals surface area contributed by atoms with E-state index in [1.165, 1.54) is 5.56 Å². The molecular weight excluding hydrogens is 332 g/mol. The highest BCUT2D eigenvalue weighted by molar-refractivity contribution is 7.99. The molecule has 0 spiro atoms. The number of nitrogens with zero attached hydrogens (tertiary/aromatic N) is 4. The predicted molar refractivity (Wildman–Crippen MR) is 102 cm³/mol. The molecule has 0 bridgehead atoms. The second-order valence-electron chi connectivity index (χ2n) is 6.09. The van der Waals surface area contributed by atoms with Crippen molar-refractivity contribution < 1.29 is 4.74 Å². The fourth-order valence-corrected chi connectivity index (χ4v) is 3.38. The van der Waals surface area contributed by atoms with E-state index in [9.17, 15) is 0 Å². The summed E-state index contributed by atoms with van der Waals surface area (Å²) in [5.74, 6) is 1.96. The molecule has 0 atom stereocenters. The molecule has 0 amide bonds. The van der Waals surface area contributed by atoms with Crippen molar-refractivity contribution in [3.05, 3.63) is 48.3 Å². The Morgan fingerprint density at radius 3 is 2.36 bits per heavy atom. The van der Waals surface area contributed by atoms with E-state index >= 15 is 0 Å². The quantitative estimate of drug-likeness (QED) is 0.534. The number of para-hydroxylation sites is 1. The Morgan fingerprint density at radius 1 is 1.00 bits per heavy atom. The number of rotatable bonds is 8. The highest BCUT2D eigenvalue weighted by Crippen LogP contribution is 2.13. The number of piperazine rings is 1. The van der Waals surface area contributed by atoms with E-state index in [4.69, 9.17) is 4.74 Å². The summed E-state index contributed by atoms with van der Waals surface area (Å²) >= 11 is 1.68. The van der Waals surface area contributed by atoms with Crippen molar-refractivity contribution >= 4 is 11.8 Å². The van der Waals surface area contributed by atoms with Crippen LogP contribution in [0.2, 0.25) is 0 Å². The number of hydrogen-bond acceptors (Lipinski definition) is 6. The molecule has 3 rings (SSSR count). The topological polar surface area (TPSA) is 41.5 Å². The standard InChI is InChI=1S/C19H26N4OS/c1-2-25-19-20-14-17(15-21-19)16-23-10-8-22(9-11-23)12-13-24-18-6-4-3-5-7-18/h3-7,14-15H,2,8-13,16H2,1H3. The lowest BCUT2D eigenvalue weighted by atomic mass is 10.2. The molecule has 6 heteroatoms. The predicted octanol–water partition coefficient (Wildman–Crippen LogP) is 2.79. The van der Waals surface area contributed by atoms with E-state index < -0.39 is 0 Å². The first-order valence-electron chi connectivity index (χ1n) is 8.90. The number of thioether (sulfide) groups is 1. The van der Waals surface area contributed by atoms with Crippen molar-refractivity contribution in [2.45, 2.75) is 18.6 Å². The molecule has 2 aromatic rings. The molecule has 1 aliphatic rings. The van der Waals surface area contributed by atoms with Gasteiger partial charge in [0, 0.05) is 57.2 Å². The molecular formula is C19H26N4OS. The van der Waals surface area contributed by atoms with Crippen LogP contribution in [0.3, 0.4) is 0 Å². The van der Waals surface area contributed by atoms with Gasteiger partial charge in [-0.1, -0.05) is 36.9 Å². The monoisotopic (exact) mass is 358 g/mol. The average Bonchev–Trinajstić information content (AvgIpc) is 2.66. The summed E-state index contributed by atoms with van der Waals surface area (Å²) in [4.78, 5) is 13.8. The van der Waals surface area contributed by atoms with Crippen LogP contribution in [0, 0.1) is 0 Å². The van der Waals surface area contributed by atoms with Crippen LogP contribution >= 0.6 is 11.8 Å². The second-order valence-corrected chi connectivity index (χ2v) is 7.32. The summed E-state index contributed by atoms with van der Waals surface area (Å²) in [6.45, 7) is 9.11. The van der Waals surface area contributed by atoms with Crippen LogP contribution in [0.1, 0.15) is 12.5 Å². The van der Waals surface area contributed by atoms with Gasteiger partial charge in [0.25, 0.3) is 0 Å². The lowest BCUT2D eigenvalue weighted by molar-refractivity contribution is 0.112. The van der Waals surface area contributed by atoms with Gasteiger partial charge in [-0.2, -0.15) is 0 Å². The molecule has 0 saturated carbocycles. The van der Waals surface area contributed by atoms with Gasteiger partial charge in [-0.25, -0.2) is 9.97 Å². The first-order valence-corrected chi connectivity index (χ1v) is 9.88. The number of hydrogen-bond donors (Lipinski definition) is 0. The molecule has 0 radical (unpaired) electrons. The summed E-state index contributed by atoms with van der Waals surface area (Å²) in [6, 6.07) is 10.0. The second kappa shape index (κ2) is 9.75. The molecule has 1 aromatic carbocycles. The van der Waals surface area contributed by atoms with Crippen LogP contribution in [0.25, 0.3) is 0 Å². The Balaban J connectivity index is 1.35. The zero-order valence-corrected chi connectivity index (χ0v) is 15.6. The number of benzene rings is 1. The number of ether oxygens (including phenoxy) is 1. The molecule has 1 fully saturated rings. The van der Waals surface area contributed by atoms with Gasteiger partial charge >= 0.3 is 0 Å². The summed E-state index contributed by atoms with van der Waals surface area (Å²) in [5, 5.41) is 0.870. The van der Waals surface area contributed by atoms with E-state index in [1.807, 2.05) is 42.7 Å². The van der Waals surface area contributed by atoms with Crippen molar-refractivity contribution in [3.8, 4) is 5.75 Å². The zero-order chi connectivity index (χ0) is 17.3. The van der Waals surface area contributed by atoms with Crippen LogP contribution in [0.5, 0.6) is 5.75 Å². The SMILES string of the molecule is CCSc1ncc(CN2CCN(CCOc3ccccc3)CC2)cn1. The van der Waals surface area contributed by atoms with Crippen LogP contribution in [-0.2, 0) is 6.54 Å². The Morgan fingerprint density at radius 2 is 1.68 bits per heavy atom. The van der Waals surface area contributed by atoms with Gasteiger partial charge in [-0.15, -0.1) is 0 Å². The third kappa shape index (κ3) is 5.99. The number of aromatic nitrogens is 2. The molecule has 0 N–H and O–H groups in total. The lowest BCUT2D eigenvalue weighted by Gasteiger charge is -2.34. The van der Waals surface area contributed by atoms with Gasteiger partial charge in [-0.3, -0.25) is 9.80 Å². The molecule has 1 saturated heterocycles. The largest absolute Gasteiger partial charge is 0.492 e. The molecule has 25 heavy (non-hydrogen) atoms. The minimum atomic E-state index is 0.744. The minimum absolute atomic E-state index is 0.744. The molecule has 1 aromatic heterocycles. The van der Waals surface area contributed by atoms with Gasteiger partial charge in [0.05, 0.1) is 0 Å². The fraction of sp³-hybridized carbons (Fsp3) is 0.474. The van der Waals surface area contributed by atoms with Crippen LogP contribution in [0.4, 0.5) is 0 Å². The first-order chi connectivity index (χ1) is 12.3. The molecule has 0 aliphatic carbocycles. The maximum Gasteiger partial charge on any atom is 0.187 e. The Labute approximate surface area is 154 Å². The molecule has 5 nitrogen and oxygen atoms in total. The van der Waals surface area contributed by atoms with E-state index in [2.05, 4.69) is 26.7 Å². The average molecular weight is 359 g/mol. The van der Waals surface area contributed by atoms with Crippen molar-refractivity contribution in [3.63, 3.8) is 0 Å². The Hall–Kier alpha value is -1.63. The summed E-state index contributed by atoms with van der Waals surface area (Å²) < 4.78 is 5.79. The van der Waals surface area contributed by atoms with Gasteiger partial charge < -0.3 is 4.74 Å². The summed E-state index contributed by atoms with van der Waals surface area (Å²) in [5.41, 5.74) is 1.20. The van der Waals surface area contributed by atoms with E-state index in [-0.39, 0.29) is 0 Å². The minimum Gasteiger partial charge on any atom is -0.492 e. The highest BCUT2D eigenvalue weighted by Gasteiger charge is 2.17. The smallest absolute Gasteiger partial charge is 0.187 e.